The third kappa shape index (κ3) is 1.69. The molecule has 1 fully saturated rings. The van der Waals surface area contributed by atoms with E-state index in [2.05, 4.69) is 21.2 Å². The summed E-state index contributed by atoms with van der Waals surface area (Å²) in [7, 11) is 3.18. The molecule has 0 aromatic heterocycles. The van der Waals surface area contributed by atoms with Crippen LogP contribution in [0.3, 0.4) is 0 Å². The summed E-state index contributed by atoms with van der Waals surface area (Å²) < 4.78 is 11.2. The van der Waals surface area contributed by atoms with E-state index in [1.165, 1.54) is 0 Å². The zero-order valence-corrected chi connectivity index (χ0v) is 10.8. The number of hydrogen-bond acceptors (Lipinski definition) is 4. The van der Waals surface area contributed by atoms with Crippen molar-refractivity contribution in [3.63, 3.8) is 0 Å². The van der Waals surface area contributed by atoms with E-state index >= 15 is 0 Å². The Morgan fingerprint density at radius 2 is 2.00 bits per heavy atom. The number of nitrogens with one attached hydrogen (secondary N) is 1. The lowest BCUT2D eigenvalue weighted by Gasteiger charge is -2.39. The predicted octanol–water partition coefficient (Wildman–Crippen LogP) is 1.26. The standard InChI is InChI=1S/C11H14BrNO3/c1-15-8-4-3-7(10(16-2)9(8)12)11(14)5-13-6-11/h3-4,13-14H,5-6H2,1-2H3. The Hall–Kier alpha value is -0.780. The molecule has 88 valence electrons. The van der Waals surface area contributed by atoms with Gasteiger partial charge in [0.25, 0.3) is 0 Å². The zero-order valence-electron chi connectivity index (χ0n) is 9.21. The fraction of sp³-hybridized carbons (Fsp3) is 0.455. The molecule has 2 rings (SSSR count). The molecule has 0 spiro atoms. The Balaban J connectivity index is 2.50. The minimum Gasteiger partial charge on any atom is -0.495 e. The van der Waals surface area contributed by atoms with Gasteiger partial charge in [0.15, 0.2) is 0 Å². The molecular weight excluding hydrogens is 274 g/mol. The third-order valence-corrected chi connectivity index (χ3v) is 3.57. The van der Waals surface area contributed by atoms with Crippen LogP contribution in [-0.2, 0) is 5.60 Å². The van der Waals surface area contributed by atoms with E-state index in [9.17, 15) is 5.11 Å². The van der Waals surface area contributed by atoms with Gasteiger partial charge in [0, 0.05) is 18.7 Å². The van der Waals surface area contributed by atoms with Crippen LogP contribution in [0.2, 0.25) is 0 Å². The highest BCUT2D eigenvalue weighted by molar-refractivity contribution is 9.10. The van der Waals surface area contributed by atoms with Crippen molar-refractivity contribution in [1.82, 2.24) is 5.32 Å². The number of halogens is 1. The van der Waals surface area contributed by atoms with E-state index in [1.54, 1.807) is 14.2 Å². The van der Waals surface area contributed by atoms with Crippen LogP contribution in [0.5, 0.6) is 11.5 Å². The summed E-state index contributed by atoms with van der Waals surface area (Å²) in [5, 5.41) is 13.3. The van der Waals surface area contributed by atoms with Gasteiger partial charge in [-0.2, -0.15) is 0 Å². The first-order chi connectivity index (χ1) is 7.62. The first kappa shape index (κ1) is 11.7. The monoisotopic (exact) mass is 287 g/mol. The van der Waals surface area contributed by atoms with E-state index < -0.39 is 5.60 Å². The number of benzene rings is 1. The summed E-state index contributed by atoms with van der Waals surface area (Å²) in [5.74, 6) is 1.32. The molecule has 1 aromatic carbocycles. The highest BCUT2D eigenvalue weighted by Crippen LogP contribution is 2.42. The molecule has 0 amide bonds. The van der Waals surface area contributed by atoms with Gasteiger partial charge in [-0.3, -0.25) is 0 Å². The molecule has 1 aliphatic rings. The van der Waals surface area contributed by atoms with Crippen LogP contribution in [0.25, 0.3) is 0 Å². The number of hydrogen-bond donors (Lipinski definition) is 2. The third-order valence-electron chi connectivity index (χ3n) is 2.82. The molecule has 2 N–H and O–H groups in total. The van der Waals surface area contributed by atoms with Crippen LogP contribution in [0, 0.1) is 0 Å². The molecule has 5 heteroatoms. The highest BCUT2D eigenvalue weighted by atomic mass is 79.9. The Bertz CT molecular complexity index is 404. The average molecular weight is 288 g/mol. The number of ether oxygens (including phenoxy) is 2. The maximum atomic E-state index is 10.3. The summed E-state index contributed by atoms with van der Waals surface area (Å²) >= 11 is 3.42. The van der Waals surface area contributed by atoms with Crippen molar-refractivity contribution in [3.05, 3.63) is 22.2 Å². The fourth-order valence-corrected chi connectivity index (χ4v) is 2.48. The van der Waals surface area contributed by atoms with Crippen molar-refractivity contribution in [2.45, 2.75) is 5.60 Å². The van der Waals surface area contributed by atoms with Gasteiger partial charge >= 0.3 is 0 Å². The van der Waals surface area contributed by atoms with Crippen LogP contribution in [0.15, 0.2) is 16.6 Å². The summed E-state index contributed by atoms with van der Waals surface area (Å²) in [6, 6.07) is 3.65. The molecule has 0 aliphatic carbocycles. The lowest BCUT2D eigenvalue weighted by atomic mass is 9.87. The van der Waals surface area contributed by atoms with E-state index in [4.69, 9.17) is 9.47 Å². The second-order valence-electron chi connectivity index (χ2n) is 3.80. The first-order valence-corrected chi connectivity index (χ1v) is 5.76. The van der Waals surface area contributed by atoms with Gasteiger partial charge in [-0.25, -0.2) is 0 Å². The second kappa shape index (κ2) is 4.24. The lowest BCUT2D eigenvalue weighted by molar-refractivity contribution is -0.0166. The smallest absolute Gasteiger partial charge is 0.142 e. The average Bonchev–Trinajstić information content (AvgIpc) is 2.25. The van der Waals surface area contributed by atoms with Crippen molar-refractivity contribution < 1.29 is 14.6 Å². The fourth-order valence-electron chi connectivity index (χ4n) is 1.81. The summed E-state index contributed by atoms with van der Waals surface area (Å²) in [5.41, 5.74) is -0.0541. The Kier molecular flexibility index (Phi) is 3.10. The number of β-amino-alcohol motifs (C(OH)–C–C–N with tert-alkyl or cyclic N) is 1. The van der Waals surface area contributed by atoms with E-state index in [0.29, 0.717) is 24.6 Å². The lowest BCUT2D eigenvalue weighted by Crippen LogP contribution is -2.56. The summed E-state index contributed by atoms with van der Waals surface area (Å²) in [4.78, 5) is 0. The van der Waals surface area contributed by atoms with Gasteiger partial charge in [0.1, 0.15) is 21.6 Å². The number of rotatable bonds is 3. The molecule has 1 aliphatic heterocycles. The van der Waals surface area contributed by atoms with Gasteiger partial charge in [-0.1, -0.05) is 0 Å². The normalized spacial score (nSPS) is 17.8. The van der Waals surface area contributed by atoms with Gasteiger partial charge in [-0.05, 0) is 28.1 Å². The van der Waals surface area contributed by atoms with Gasteiger partial charge in [0.2, 0.25) is 0 Å². The maximum absolute atomic E-state index is 10.3. The van der Waals surface area contributed by atoms with Crippen LogP contribution in [0.4, 0.5) is 0 Å². The van der Waals surface area contributed by atoms with E-state index in [0.717, 1.165) is 10.0 Å². The molecule has 4 nitrogen and oxygen atoms in total. The van der Waals surface area contributed by atoms with Crippen LogP contribution < -0.4 is 14.8 Å². The molecular formula is C11H14BrNO3. The minimum atomic E-state index is -0.833. The molecule has 1 saturated heterocycles. The molecule has 0 saturated carbocycles. The van der Waals surface area contributed by atoms with Crippen LogP contribution >= 0.6 is 15.9 Å². The largest absolute Gasteiger partial charge is 0.495 e. The van der Waals surface area contributed by atoms with Crippen LogP contribution in [-0.4, -0.2) is 32.4 Å². The molecule has 0 radical (unpaired) electrons. The van der Waals surface area contributed by atoms with Gasteiger partial charge < -0.3 is 19.9 Å². The number of methoxy groups -OCH3 is 2. The van der Waals surface area contributed by atoms with Crippen molar-refractivity contribution in [2.24, 2.45) is 0 Å². The maximum Gasteiger partial charge on any atom is 0.142 e. The first-order valence-electron chi connectivity index (χ1n) is 4.96. The minimum absolute atomic E-state index is 0.544. The topological polar surface area (TPSA) is 50.7 Å². The molecule has 0 unspecified atom stereocenters. The quantitative estimate of drug-likeness (QED) is 0.879. The second-order valence-corrected chi connectivity index (χ2v) is 4.59. The van der Waals surface area contributed by atoms with E-state index in [-0.39, 0.29) is 0 Å². The van der Waals surface area contributed by atoms with Crippen molar-refractivity contribution in [1.29, 1.82) is 0 Å². The SMILES string of the molecule is COc1ccc(C2(O)CNC2)c(OC)c1Br. The van der Waals surface area contributed by atoms with Crippen molar-refractivity contribution >= 4 is 15.9 Å². The summed E-state index contributed by atoms with van der Waals surface area (Å²) in [6.45, 7) is 1.09. The Morgan fingerprint density at radius 3 is 2.44 bits per heavy atom. The molecule has 0 atom stereocenters. The zero-order chi connectivity index (χ0) is 11.8. The van der Waals surface area contributed by atoms with Gasteiger partial charge in [-0.15, -0.1) is 0 Å². The molecule has 1 aromatic rings. The molecule has 0 bridgehead atoms. The molecule has 1 heterocycles. The molecule has 16 heavy (non-hydrogen) atoms. The van der Waals surface area contributed by atoms with Gasteiger partial charge in [0.05, 0.1) is 14.2 Å². The Morgan fingerprint density at radius 1 is 1.31 bits per heavy atom. The van der Waals surface area contributed by atoms with Crippen molar-refractivity contribution in [3.8, 4) is 11.5 Å². The summed E-state index contributed by atoms with van der Waals surface area (Å²) in [6.07, 6.45) is 0. The predicted molar refractivity (Wildman–Crippen MR) is 64.0 cm³/mol. The Labute approximate surface area is 103 Å². The highest BCUT2D eigenvalue weighted by Gasteiger charge is 2.39. The van der Waals surface area contributed by atoms with E-state index in [1.807, 2.05) is 12.1 Å². The van der Waals surface area contributed by atoms with Crippen LogP contribution in [0.1, 0.15) is 5.56 Å². The number of aliphatic hydroxyl groups is 1. The van der Waals surface area contributed by atoms with Crippen molar-refractivity contribution in [2.75, 3.05) is 27.3 Å².